The van der Waals surface area contributed by atoms with E-state index in [0.717, 1.165) is 25.7 Å². The van der Waals surface area contributed by atoms with E-state index in [1.165, 1.54) is 36.8 Å². The molecule has 1 fully saturated rings. The predicted molar refractivity (Wildman–Crippen MR) is 107 cm³/mol. The van der Waals surface area contributed by atoms with Crippen LogP contribution in [0.4, 0.5) is 11.4 Å². The summed E-state index contributed by atoms with van der Waals surface area (Å²) in [5.74, 6) is -0.695. The van der Waals surface area contributed by atoms with Gasteiger partial charge in [0.15, 0.2) is 0 Å². The molecule has 0 aliphatic heterocycles. The lowest BCUT2D eigenvalue weighted by Crippen LogP contribution is -2.36. The molecule has 2 amide bonds. The van der Waals surface area contributed by atoms with Crippen molar-refractivity contribution in [3.8, 4) is 0 Å². The number of anilines is 1. The molecule has 0 radical (unpaired) electrons. The van der Waals surface area contributed by atoms with Crippen LogP contribution in [0, 0.1) is 10.1 Å². The molecule has 0 spiro atoms. The normalized spacial score (nSPS) is 14.3. The lowest BCUT2D eigenvalue weighted by Gasteiger charge is -2.23. The number of carbonyl (C=O) groups is 2. The van der Waals surface area contributed by atoms with Crippen molar-refractivity contribution >= 4 is 34.8 Å². The predicted octanol–water partition coefficient (Wildman–Crippen LogP) is 4.56. The molecule has 3 rings (SSSR count). The number of rotatable bonds is 5. The Morgan fingerprint density at radius 2 is 1.68 bits per heavy atom. The van der Waals surface area contributed by atoms with Crippen LogP contribution in [0.5, 0.6) is 0 Å². The average molecular weight is 402 g/mol. The largest absolute Gasteiger partial charge is 0.349 e. The Balaban J connectivity index is 1.70. The highest BCUT2D eigenvalue weighted by Gasteiger charge is 2.19. The number of nitrogens with zero attached hydrogens (tertiary/aromatic N) is 1. The topological polar surface area (TPSA) is 101 Å². The minimum absolute atomic E-state index is 0.0929. The van der Waals surface area contributed by atoms with E-state index in [1.54, 1.807) is 12.1 Å². The van der Waals surface area contributed by atoms with Crippen LogP contribution in [-0.2, 0) is 0 Å². The number of hydrogen-bond donors (Lipinski definition) is 2. The minimum atomic E-state index is -0.530. The van der Waals surface area contributed by atoms with Crippen LogP contribution in [0.1, 0.15) is 52.8 Å². The molecule has 1 aliphatic carbocycles. The van der Waals surface area contributed by atoms with Gasteiger partial charge in [0.25, 0.3) is 17.5 Å². The van der Waals surface area contributed by atoms with Crippen molar-refractivity contribution in [3.63, 3.8) is 0 Å². The molecule has 2 aromatic carbocycles. The monoisotopic (exact) mass is 401 g/mol. The number of non-ortho nitro benzene ring substituents is 1. The Morgan fingerprint density at radius 3 is 2.32 bits per heavy atom. The maximum absolute atomic E-state index is 12.6. The smallest absolute Gasteiger partial charge is 0.269 e. The number of amides is 2. The number of hydrogen-bond acceptors (Lipinski definition) is 4. The number of nitro groups is 1. The van der Waals surface area contributed by atoms with Crippen LogP contribution in [0.25, 0.3) is 0 Å². The van der Waals surface area contributed by atoms with Gasteiger partial charge in [0.05, 0.1) is 15.5 Å². The molecule has 1 aliphatic rings. The van der Waals surface area contributed by atoms with Crippen LogP contribution in [-0.4, -0.2) is 22.8 Å². The Kier molecular flexibility index (Phi) is 6.26. The third-order valence-corrected chi connectivity index (χ3v) is 5.08. The zero-order valence-corrected chi connectivity index (χ0v) is 15.9. The van der Waals surface area contributed by atoms with Crippen LogP contribution in [0.2, 0.25) is 5.02 Å². The van der Waals surface area contributed by atoms with Gasteiger partial charge in [-0.3, -0.25) is 19.7 Å². The highest BCUT2D eigenvalue weighted by Crippen LogP contribution is 2.23. The molecule has 0 unspecified atom stereocenters. The second kappa shape index (κ2) is 8.84. The van der Waals surface area contributed by atoms with Crippen LogP contribution in [0.15, 0.2) is 42.5 Å². The molecule has 2 N–H and O–H groups in total. The SMILES string of the molecule is O=C(Nc1ccc(Cl)c(C(=O)NC2CCCCC2)c1)c1ccc([N+](=O)[O-])cc1. The number of nitrogens with one attached hydrogen (secondary N) is 2. The summed E-state index contributed by atoms with van der Waals surface area (Å²) in [6.07, 6.45) is 5.31. The van der Waals surface area contributed by atoms with Crippen molar-refractivity contribution in [1.82, 2.24) is 5.32 Å². The molecular formula is C20H20ClN3O4. The molecule has 146 valence electrons. The fourth-order valence-corrected chi connectivity index (χ4v) is 3.43. The summed E-state index contributed by atoms with van der Waals surface area (Å²) in [6, 6.07) is 10.1. The Hall–Kier alpha value is -2.93. The molecule has 0 heterocycles. The molecule has 1 saturated carbocycles. The number of carbonyl (C=O) groups excluding carboxylic acids is 2. The fourth-order valence-electron chi connectivity index (χ4n) is 3.22. The first-order chi connectivity index (χ1) is 13.4. The Bertz CT molecular complexity index is 893. The first-order valence-corrected chi connectivity index (χ1v) is 9.48. The summed E-state index contributed by atoms with van der Waals surface area (Å²) in [7, 11) is 0. The van der Waals surface area contributed by atoms with Gasteiger partial charge in [-0.05, 0) is 43.2 Å². The molecule has 8 heteroatoms. The van der Waals surface area contributed by atoms with Gasteiger partial charge in [0, 0.05) is 29.4 Å². The van der Waals surface area contributed by atoms with Crippen LogP contribution in [0.3, 0.4) is 0 Å². The van der Waals surface area contributed by atoms with Gasteiger partial charge >= 0.3 is 0 Å². The summed E-state index contributed by atoms with van der Waals surface area (Å²) >= 11 is 6.17. The van der Waals surface area contributed by atoms with Crippen molar-refractivity contribution in [3.05, 3.63) is 68.7 Å². The molecule has 7 nitrogen and oxygen atoms in total. The summed E-state index contributed by atoms with van der Waals surface area (Å²) < 4.78 is 0. The van der Waals surface area contributed by atoms with E-state index in [1.807, 2.05) is 0 Å². The Morgan fingerprint density at radius 1 is 1.00 bits per heavy atom. The minimum Gasteiger partial charge on any atom is -0.349 e. The second-order valence-electron chi connectivity index (χ2n) is 6.76. The summed E-state index contributed by atoms with van der Waals surface area (Å²) in [4.78, 5) is 35.1. The van der Waals surface area contributed by atoms with Gasteiger partial charge in [0.2, 0.25) is 0 Å². The first-order valence-electron chi connectivity index (χ1n) is 9.10. The highest BCUT2D eigenvalue weighted by atomic mass is 35.5. The summed E-state index contributed by atoms with van der Waals surface area (Å²) in [5.41, 5.74) is 0.897. The Labute approximate surface area is 167 Å². The van der Waals surface area contributed by atoms with Crippen molar-refractivity contribution in [1.29, 1.82) is 0 Å². The third kappa shape index (κ3) is 4.86. The van der Waals surface area contributed by atoms with E-state index in [0.29, 0.717) is 16.3 Å². The van der Waals surface area contributed by atoms with E-state index >= 15 is 0 Å². The zero-order valence-electron chi connectivity index (χ0n) is 15.1. The highest BCUT2D eigenvalue weighted by molar-refractivity contribution is 6.34. The van der Waals surface area contributed by atoms with E-state index in [9.17, 15) is 19.7 Å². The van der Waals surface area contributed by atoms with Gasteiger partial charge in [0.1, 0.15) is 0 Å². The van der Waals surface area contributed by atoms with Gasteiger partial charge in [-0.2, -0.15) is 0 Å². The zero-order chi connectivity index (χ0) is 20.1. The molecule has 0 saturated heterocycles. The maximum atomic E-state index is 12.6. The molecular weight excluding hydrogens is 382 g/mol. The number of nitro benzene ring substituents is 1. The van der Waals surface area contributed by atoms with Crippen molar-refractivity contribution in [2.75, 3.05) is 5.32 Å². The van der Waals surface area contributed by atoms with E-state index < -0.39 is 10.8 Å². The fraction of sp³-hybridized carbons (Fsp3) is 0.300. The van der Waals surface area contributed by atoms with Crippen molar-refractivity contribution < 1.29 is 14.5 Å². The standard InChI is InChI=1S/C20H20ClN3O4/c21-18-11-8-15(12-17(18)20(26)22-14-4-2-1-3-5-14)23-19(25)13-6-9-16(10-7-13)24(27)28/h6-12,14H,1-5H2,(H,22,26)(H,23,25). The molecule has 0 bridgehead atoms. The van der Waals surface area contributed by atoms with Crippen molar-refractivity contribution in [2.45, 2.75) is 38.1 Å². The van der Waals surface area contributed by atoms with Gasteiger partial charge in [-0.25, -0.2) is 0 Å². The lowest BCUT2D eigenvalue weighted by molar-refractivity contribution is -0.384. The molecule has 0 atom stereocenters. The first kappa shape index (κ1) is 19.8. The van der Waals surface area contributed by atoms with Gasteiger partial charge in [-0.15, -0.1) is 0 Å². The third-order valence-electron chi connectivity index (χ3n) is 4.75. The van der Waals surface area contributed by atoms with Gasteiger partial charge < -0.3 is 10.6 Å². The lowest BCUT2D eigenvalue weighted by atomic mass is 9.95. The van der Waals surface area contributed by atoms with Crippen LogP contribution < -0.4 is 10.6 Å². The molecule has 28 heavy (non-hydrogen) atoms. The average Bonchev–Trinajstić information content (AvgIpc) is 2.70. The summed E-state index contributed by atoms with van der Waals surface area (Å²) in [5, 5.41) is 16.7. The second-order valence-corrected chi connectivity index (χ2v) is 7.17. The van der Waals surface area contributed by atoms with E-state index in [-0.39, 0.29) is 23.2 Å². The van der Waals surface area contributed by atoms with Crippen molar-refractivity contribution in [2.24, 2.45) is 0 Å². The molecule has 0 aromatic heterocycles. The molecule has 2 aromatic rings. The summed E-state index contributed by atoms with van der Waals surface area (Å²) in [6.45, 7) is 0. The van der Waals surface area contributed by atoms with E-state index in [2.05, 4.69) is 10.6 Å². The van der Waals surface area contributed by atoms with E-state index in [4.69, 9.17) is 11.6 Å². The maximum Gasteiger partial charge on any atom is 0.269 e. The van der Waals surface area contributed by atoms with Gasteiger partial charge in [-0.1, -0.05) is 30.9 Å². The van der Waals surface area contributed by atoms with Crippen LogP contribution >= 0.6 is 11.6 Å². The quantitative estimate of drug-likeness (QED) is 0.566. The number of halogens is 1. The number of benzene rings is 2.